The molecule has 1 radical (unpaired) electrons. The second-order valence-electron chi connectivity index (χ2n) is 4.64. The van der Waals surface area contributed by atoms with Crippen molar-refractivity contribution in [3.05, 3.63) is 90.3 Å². The minimum absolute atomic E-state index is 0. The Kier molecular flexibility index (Phi) is 12.7. The smallest absolute Gasteiger partial charge is 0.337 e. The molecule has 3 heterocycles. The monoisotopic (exact) mass is 534 g/mol. The zero-order chi connectivity index (χ0) is 20.1. The topological polar surface area (TPSA) is 151 Å². The molecule has 28 heavy (non-hydrogen) atoms. The number of carboxylic acids is 3. The van der Waals surface area contributed by atoms with Crippen LogP contribution in [-0.4, -0.2) is 48.2 Å². The van der Waals surface area contributed by atoms with Gasteiger partial charge in [-0.2, -0.15) is 0 Å². The summed E-state index contributed by atoms with van der Waals surface area (Å²) >= 11 is 0. The van der Waals surface area contributed by atoms with Gasteiger partial charge >= 0.3 is 17.9 Å². The van der Waals surface area contributed by atoms with E-state index in [-0.39, 0.29) is 54.4 Å². The van der Waals surface area contributed by atoms with Gasteiger partial charge in [0.05, 0.1) is 16.7 Å². The Morgan fingerprint density at radius 2 is 0.821 bits per heavy atom. The first-order valence-corrected chi connectivity index (χ1v) is 7.31. The van der Waals surface area contributed by atoms with E-state index < -0.39 is 17.9 Å². The van der Waals surface area contributed by atoms with Gasteiger partial charge in [-0.05, 0) is 36.4 Å². The zero-order valence-corrected chi connectivity index (χ0v) is 16.1. The van der Waals surface area contributed by atoms with Gasteiger partial charge in [0.2, 0.25) is 0 Å². The van der Waals surface area contributed by atoms with E-state index in [0.717, 1.165) is 0 Å². The van der Waals surface area contributed by atoms with Crippen molar-refractivity contribution in [2.45, 2.75) is 0 Å². The van der Waals surface area contributed by atoms with Crippen LogP contribution in [0, 0.1) is 37.7 Å². The molecule has 0 saturated heterocycles. The fraction of sp³-hybridized carbons (Fsp3) is 0. The molecular formula is C18H15HoN3O6. The van der Waals surface area contributed by atoms with E-state index in [2.05, 4.69) is 15.0 Å². The summed E-state index contributed by atoms with van der Waals surface area (Å²) in [6, 6.07) is 9.25. The molecule has 0 aliphatic rings. The molecule has 0 aliphatic carbocycles. The maximum Gasteiger partial charge on any atom is 0.337 e. The van der Waals surface area contributed by atoms with Gasteiger partial charge in [0.25, 0.3) is 0 Å². The number of hydrogen-bond acceptors (Lipinski definition) is 6. The first-order chi connectivity index (χ1) is 12.9. The van der Waals surface area contributed by atoms with Gasteiger partial charge < -0.3 is 15.3 Å². The van der Waals surface area contributed by atoms with Crippen LogP contribution in [0.5, 0.6) is 0 Å². The summed E-state index contributed by atoms with van der Waals surface area (Å²) in [6.45, 7) is 0. The van der Waals surface area contributed by atoms with Crippen LogP contribution in [0.1, 0.15) is 31.1 Å². The van der Waals surface area contributed by atoms with Gasteiger partial charge in [0.15, 0.2) is 0 Å². The van der Waals surface area contributed by atoms with Crippen molar-refractivity contribution in [3.8, 4) is 0 Å². The third kappa shape index (κ3) is 10.3. The van der Waals surface area contributed by atoms with Gasteiger partial charge in [-0.1, -0.05) is 0 Å². The third-order valence-corrected chi connectivity index (χ3v) is 2.73. The van der Waals surface area contributed by atoms with Crippen LogP contribution in [0.15, 0.2) is 73.6 Å². The van der Waals surface area contributed by atoms with E-state index >= 15 is 0 Å². The molecule has 10 heteroatoms. The van der Waals surface area contributed by atoms with Crippen LogP contribution in [0.4, 0.5) is 0 Å². The molecule has 3 aromatic rings. The van der Waals surface area contributed by atoms with Gasteiger partial charge in [0.1, 0.15) is 0 Å². The molecule has 149 valence electrons. The predicted octanol–water partition coefficient (Wildman–Crippen LogP) is 2.34. The van der Waals surface area contributed by atoms with E-state index in [0.29, 0.717) is 0 Å². The van der Waals surface area contributed by atoms with Gasteiger partial charge in [-0.3, -0.25) is 15.0 Å². The minimum atomic E-state index is -0.942. The molecule has 3 rings (SSSR count). The van der Waals surface area contributed by atoms with E-state index in [1.807, 2.05) is 0 Å². The fourth-order valence-corrected chi connectivity index (χ4v) is 1.47. The Hall–Kier alpha value is -2.88. The molecule has 0 aromatic carbocycles. The van der Waals surface area contributed by atoms with Crippen LogP contribution in [0.3, 0.4) is 0 Å². The first kappa shape index (κ1) is 25.1. The summed E-state index contributed by atoms with van der Waals surface area (Å²) in [4.78, 5) is 41.4. The van der Waals surface area contributed by atoms with Crippen molar-refractivity contribution in [1.82, 2.24) is 15.0 Å². The Labute approximate surface area is 189 Å². The molecular weight excluding hydrogens is 519 g/mol. The Bertz CT molecular complexity index is 747. The second-order valence-corrected chi connectivity index (χ2v) is 4.64. The number of hydrogen-bond donors (Lipinski definition) is 3. The van der Waals surface area contributed by atoms with E-state index in [1.165, 1.54) is 55.4 Å². The van der Waals surface area contributed by atoms with Crippen molar-refractivity contribution >= 4 is 17.9 Å². The molecule has 0 atom stereocenters. The predicted molar refractivity (Wildman–Crippen MR) is 93.6 cm³/mol. The fourth-order valence-electron chi connectivity index (χ4n) is 1.47. The Morgan fingerprint density at radius 1 is 0.571 bits per heavy atom. The summed E-state index contributed by atoms with van der Waals surface area (Å²) in [5, 5.41) is 25.0. The van der Waals surface area contributed by atoms with Gasteiger partial charge in [-0.15, -0.1) is 0 Å². The van der Waals surface area contributed by atoms with Crippen LogP contribution in [0.25, 0.3) is 0 Å². The SMILES string of the molecule is O=C(O)c1cccnc1.O=C(O)c1cccnc1.O=C(O)c1cccnc1.[Ho]. The van der Waals surface area contributed by atoms with E-state index in [1.54, 1.807) is 18.2 Å². The van der Waals surface area contributed by atoms with Crippen LogP contribution >= 0.6 is 0 Å². The van der Waals surface area contributed by atoms with Crippen LogP contribution < -0.4 is 0 Å². The summed E-state index contributed by atoms with van der Waals surface area (Å²) in [5.74, 6) is -2.82. The van der Waals surface area contributed by atoms with Crippen molar-refractivity contribution in [2.24, 2.45) is 0 Å². The summed E-state index contributed by atoms with van der Waals surface area (Å²) < 4.78 is 0. The maximum atomic E-state index is 10.2. The molecule has 3 aromatic heterocycles. The Balaban J connectivity index is 0.000000384. The quantitative estimate of drug-likeness (QED) is 0.431. The summed E-state index contributed by atoms with van der Waals surface area (Å²) in [5.41, 5.74) is 0.660. The third-order valence-electron chi connectivity index (χ3n) is 2.73. The van der Waals surface area contributed by atoms with Crippen molar-refractivity contribution in [1.29, 1.82) is 0 Å². The molecule has 0 bridgehead atoms. The molecule has 0 amide bonds. The average molecular weight is 534 g/mol. The number of aromatic nitrogens is 3. The molecule has 0 fully saturated rings. The van der Waals surface area contributed by atoms with Gasteiger partial charge in [0, 0.05) is 74.9 Å². The van der Waals surface area contributed by atoms with E-state index in [4.69, 9.17) is 15.3 Å². The number of rotatable bonds is 3. The second kappa shape index (κ2) is 14.2. The average Bonchev–Trinajstić information content (AvgIpc) is 2.71. The maximum absolute atomic E-state index is 10.2. The largest absolute Gasteiger partial charge is 0.478 e. The number of carboxylic acid groups (broad SMARTS) is 3. The van der Waals surface area contributed by atoms with E-state index in [9.17, 15) is 14.4 Å². The number of nitrogens with zero attached hydrogens (tertiary/aromatic N) is 3. The van der Waals surface area contributed by atoms with Gasteiger partial charge in [-0.25, -0.2) is 14.4 Å². The van der Waals surface area contributed by atoms with Crippen molar-refractivity contribution in [2.75, 3.05) is 0 Å². The summed E-state index contributed by atoms with van der Waals surface area (Å²) in [6.07, 6.45) is 8.53. The number of aromatic carboxylic acids is 3. The number of pyridine rings is 3. The van der Waals surface area contributed by atoms with Crippen molar-refractivity contribution < 1.29 is 67.4 Å². The molecule has 0 saturated carbocycles. The first-order valence-electron chi connectivity index (χ1n) is 7.31. The van der Waals surface area contributed by atoms with Crippen LogP contribution in [0.2, 0.25) is 0 Å². The molecule has 0 spiro atoms. The van der Waals surface area contributed by atoms with Crippen molar-refractivity contribution in [3.63, 3.8) is 0 Å². The molecule has 0 aliphatic heterocycles. The minimum Gasteiger partial charge on any atom is -0.478 e. The standard InChI is InChI=1S/3C6H5NO2.Ho/c3*8-6(9)5-2-1-3-7-4-5;/h3*1-4H,(H,8,9);. The molecule has 0 unspecified atom stereocenters. The number of carbonyl (C=O) groups is 3. The summed E-state index contributed by atoms with van der Waals surface area (Å²) in [7, 11) is 0. The van der Waals surface area contributed by atoms with Crippen LogP contribution in [-0.2, 0) is 0 Å². The molecule has 3 N–H and O–H groups in total. The Morgan fingerprint density at radius 3 is 0.929 bits per heavy atom. The molecule has 9 nitrogen and oxygen atoms in total. The normalized spacial score (nSPS) is 8.57. The zero-order valence-electron chi connectivity index (χ0n) is 14.1.